The molecule has 5 nitrogen and oxygen atoms in total. The van der Waals surface area contributed by atoms with E-state index in [-0.39, 0.29) is 16.1 Å². The molecule has 3 aromatic carbocycles. The minimum atomic E-state index is -4.11. The standard InChI is InChI=1S/C20H16BrNO4S/c1-26-18-12-10-17(11-13-18)22(20(23)15-6-5-7-16(21)14-15)27(24,25)19-8-3-2-4-9-19/h2-14H,1H3. The van der Waals surface area contributed by atoms with E-state index in [9.17, 15) is 13.2 Å². The summed E-state index contributed by atoms with van der Waals surface area (Å²) in [6.07, 6.45) is 0. The van der Waals surface area contributed by atoms with E-state index < -0.39 is 15.9 Å². The van der Waals surface area contributed by atoms with Crippen molar-refractivity contribution in [3.63, 3.8) is 0 Å². The van der Waals surface area contributed by atoms with Crippen LogP contribution < -0.4 is 9.04 Å². The first-order chi connectivity index (χ1) is 12.9. The predicted molar refractivity (Wildman–Crippen MR) is 108 cm³/mol. The van der Waals surface area contributed by atoms with Gasteiger partial charge in [-0.1, -0.05) is 40.2 Å². The number of hydrogen-bond donors (Lipinski definition) is 0. The van der Waals surface area contributed by atoms with Crippen molar-refractivity contribution in [3.8, 4) is 5.75 Å². The lowest BCUT2D eigenvalue weighted by atomic mass is 10.2. The minimum Gasteiger partial charge on any atom is -0.497 e. The zero-order valence-corrected chi connectivity index (χ0v) is 16.8. The molecule has 1 amide bonds. The van der Waals surface area contributed by atoms with E-state index in [0.717, 1.165) is 4.31 Å². The number of methoxy groups -OCH3 is 1. The molecule has 0 aliphatic rings. The van der Waals surface area contributed by atoms with Gasteiger partial charge in [-0.15, -0.1) is 0 Å². The number of anilines is 1. The van der Waals surface area contributed by atoms with E-state index in [1.165, 1.54) is 31.4 Å². The zero-order valence-electron chi connectivity index (χ0n) is 14.4. The molecular formula is C20H16BrNO4S. The number of sulfonamides is 1. The Labute approximate surface area is 166 Å². The molecule has 0 saturated carbocycles. The lowest BCUT2D eigenvalue weighted by Gasteiger charge is -2.23. The van der Waals surface area contributed by atoms with E-state index in [1.807, 2.05) is 0 Å². The van der Waals surface area contributed by atoms with Gasteiger partial charge in [-0.3, -0.25) is 4.79 Å². The highest BCUT2D eigenvalue weighted by atomic mass is 79.9. The number of carbonyl (C=O) groups excluding carboxylic acids is 1. The van der Waals surface area contributed by atoms with Crippen LogP contribution in [0.2, 0.25) is 0 Å². The van der Waals surface area contributed by atoms with Gasteiger partial charge in [-0.05, 0) is 54.6 Å². The maximum Gasteiger partial charge on any atom is 0.272 e. The fourth-order valence-corrected chi connectivity index (χ4v) is 4.35. The van der Waals surface area contributed by atoms with Gasteiger partial charge in [0.1, 0.15) is 5.75 Å². The van der Waals surface area contributed by atoms with Crippen molar-refractivity contribution in [2.45, 2.75) is 4.90 Å². The zero-order chi connectivity index (χ0) is 19.4. The van der Waals surface area contributed by atoms with Crippen LogP contribution in [0.5, 0.6) is 5.75 Å². The van der Waals surface area contributed by atoms with Crippen LogP contribution in [0.4, 0.5) is 5.69 Å². The van der Waals surface area contributed by atoms with E-state index in [1.54, 1.807) is 54.6 Å². The molecule has 0 aromatic heterocycles. The predicted octanol–water partition coefficient (Wildman–Crippen LogP) is 4.49. The number of nitrogens with zero attached hydrogens (tertiary/aromatic N) is 1. The fourth-order valence-electron chi connectivity index (χ4n) is 2.52. The summed E-state index contributed by atoms with van der Waals surface area (Å²) in [7, 11) is -2.59. The lowest BCUT2D eigenvalue weighted by Crippen LogP contribution is -2.37. The third kappa shape index (κ3) is 4.04. The molecule has 138 valence electrons. The average molecular weight is 446 g/mol. The molecule has 0 fully saturated rings. The molecule has 27 heavy (non-hydrogen) atoms. The van der Waals surface area contributed by atoms with Crippen LogP contribution >= 0.6 is 15.9 Å². The maximum absolute atomic E-state index is 13.2. The molecule has 0 unspecified atom stereocenters. The van der Waals surface area contributed by atoms with Gasteiger partial charge in [-0.2, -0.15) is 4.31 Å². The van der Waals surface area contributed by atoms with Gasteiger partial charge in [-0.25, -0.2) is 8.42 Å². The Balaban J connectivity index is 2.15. The van der Waals surface area contributed by atoms with Crippen molar-refractivity contribution >= 4 is 37.5 Å². The van der Waals surface area contributed by atoms with Crippen molar-refractivity contribution in [1.29, 1.82) is 0 Å². The highest BCUT2D eigenvalue weighted by molar-refractivity contribution is 9.10. The second-order valence-electron chi connectivity index (χ2n) is 5.60. The molecule has 3 aromatic rings. The van der Waals surface area contributed by atoms with Gasteiger partial charge in [0, 0.05) is 10.0 Å². The number of amides is 1. The normalized spacial score (nSPS) is 11.0. The quantitative estimate of drug-likeness (QED) is 0.579. The van der Waals surface area contributed by atoms with E-state index in [2.05, 4.69) is 15.9 Å². The molecule has 0 N–H and O–H groups in total. The topological polar surface area (TPSA) is 63.7 Å². The van der Waals surface area contributed by atoms with Crippen LogP contribution in [-0.2, 0) is 10.0 Å². The molecule has 0 radical (unpaired) electrons. The van der Waals surface area contributed by atoms with Gasteiger partial charge >= 0.3 is 0 Å². The van der Waals surface area contributed by atoms with Gasteiger partial charge in [0.2, 0.25) is 0 Å². The molecule has 3 rings (SSSR count). The number of rotatable bonds is 5. The molecule has 0 atom stereocenters. The average Bonchev–Trinajstić information content (AvgIpc) is 2.69. The minimum absolute atomic E-state index is 0.0316. The summed E-state index contributed by atoms with van der Waals surface area (Å²) in [5.74, 6) is -0.0870. The third-order valence-electron chi connectivity index (χ3n) is 3.84. The first kappa shape index (κ1) is 19.1. The first-order valence-electron chi connectivity index (χ1n) is 7.98. The Kier molecular flexibility index (Phi) is 5.62. The van der Waals surface area contributed by atoms with Crippen molar-refractivity contribution in [3.05, 3.63) is 88.9 Å². The van der Waals surface area contributed by atoms with Crippen LogP contribution in [0.3, 0.4) is 0 Å². The van der Waals surface area contributed by atoms with Crippen molar-refractivity contribution in [2.24, 2.45) is 0 Å². The van der Waals surface area contributed by atoms with Gasteiger partial charge < -0.3 is 4.74 Å². The molecule has 0 aliphatic heterocycles. The Bertz CT molecular complexity index is 1050. The van der Waals surface area contributed by atoms with Crippen molar-refractivity contribution in [2.75, 3.05) is 11.4 Å². The second-order valence-corrected chi connectivity index (χ2v) is 8.30. The summed E-state index contributed by atoms with van der Waals surface area (Å²) >= 11 is 3.31. The number of carbonyl (C=O) groups is 1. The summed E-state index contributed by atoms with van der Waals surface area (Å²) < 4.78 is 33.1. The molecule has 0 saturated heterocycles. The summed E-state index contributed by atoms with van der Waals surface area (Å²) in [4.78, 5) is 13.2. The number of hydrogen-bond acceptors (Lipinski definition) is 4. The summed E-state index contributed by atoms with van der Waals surface area (Å²) in [6.45, 7) is 0. The molecule has 0 aliphatic carbocycles. The molecular weight excluding hydrogens is 430 g/mol. The lowest BCUT2D eigenvalue weighted by molar-refractivity contribution is 0.101. The Morgan fingerprint density at radius 2 is 1.59 bits per heavy atom. The molecule has 0 bridgehead atoms. The Morgan fingerprint density at radius 3 is 2.19 bits per heavy atom. The van der Waals surface area contributed by atoms with Crippen molar-refractivity contribution in [1.82, 2.24) is 0 Å². The number of halogens is 1. The van der Waals surface area contributed by atoms with Crippen LogP contribution in [-0.4, -0.2) is 21.4 Å². The van der Waals surface area contributed by atoms with Gasteiger partial charge in [0.25, 0.3) is 15.9 Å². The second kappa shape index (κ2) is 7.94. The van der Waals surface area contributed by atoms with Gasteiger partial charge in [0.15, 0.2) is 0 Å². The summed E-state index contributed by atoms with van der Waals surface area (Å²) in [6, 6.07) is 20.7. The summed E-state index contributed by atoms with van der Waals surface area (Å²) in [5, 5.41) is 0. The fraction of sp³-hybridized carbons (Fsp3) is 0.0500. The summed E-state index contributed by atoms with van der Waals surface area (Å²) in [5.41, 5.74) is 0.476. The van der Waals surface area contributed by atoms with Crippen LogP contribution in [0.15, 0.2) is 88.2 Å². The van der Waals surface area contributed by atoms with Crippen LogP contribution in [0, 0.1) is 0 Å². The van der Waals surface area contributed by atoms with E-state index in [4.69, 9.17) is 4.74 Å². The molecule has 7 heteroatoms. The highest BCUT2D eigenvalue weighted by Crippen LogP contribution is 2.28. The number of benzene rings is 3. The number of ether oxygens (including phenoxy) is 1. The van der Waals surface area contributed by atoms with Gasteiger partial charge in [0.05, 0.1) is 17.7 Å². The Morgan fingerprint density at radius 1 is 0.926 bits per heavy atom. The maximum atomic E-state index is 13.2. The monoisotopic (exact) mass is 445 g/mol. The largest absolute Gasteiger partial charge is 0.497 e. The smallest absolute Gasteiger partial charge is 0.272 e. The Hall–Kier alpha value is -2.64. The van der Waals surface area contributed by atoms with E-state index in [0.29, 0.717) is 10.2 Å². The van der Waals surface area contributed by atoms with E-state index >= 15 is 0 Å². The third-order valence-corrected chi connectivity index (χ3v) is 6.06. The SMILES string of the molecule is COc1ccc(N(C(=O)c2cccc(Br)c2)S(=O)(=O)c2ccccc2)cc1. The highest BCUT2D eigenvalue weighted by Gasteiger charge is 2.31. The molecule has 0 spiro atoms. The van der Waals surface area contributed by atoms with Crippen molar-refractivity contribution < 1.29 is 17.9 Å². The van der Waals surface area contributed by atoms with Crippen LogP contribution in [0.1, 0.15) is 10.4 Å². The first-order valence-corrected chi connectivity index (χ1v) is 10.2. The van der Waals surface area contributed by atoms with Crippen LogP contribution in [0.25, 0.3) is 0 Å². The molecule has 0 heterocycles.